The van der Waals surface area contributed by atoms with Gasteiger partial charge in [-0.2, -0.15) is 18.3 Å². The van der Waals surface area contributed by atoms with E-state index < -0.39 is 17.6 Å². The van der Waals surface area contributed by atoms with E-state index in [2.05, 4.69) is 10.4 Å². The first-order chi connectivity index (χ1) is 14.5. The summed E-state index contributed by atoms with van der Waals surface area (Å²) in [5.74, 6) is -0.741. The van der Waals surface area contributed by atoms with Crippen molar-refractivity contribution in [2.75, 3.05) is 24.3 Å². The van der Waals surface area contributed by atoms with Crippen molar-refractivity contribution in [1.82, 2.24) is 9.78 Å². The first-order valence-electron chi connectivity index (χ1n) is 9.69. The zero-order chi connectivity index (χ0) is 22.9. The molecule has 0 fully saturated rings. The molecule has 3 rings (SSSR count). The van der Waals surface area contributed by atoms with E-state index in [9.17, 15) is 22.8 Å². The number of alkyl halides is 3. The van der Waals surface area contributed by atoms with Crippen LogP contribution in [0.3, 0.4) is 0 Å². The molecule has 2 aromatic carbocycles. The van der Waals surface area contributed by atoms with Crippen molar-refractivity contribution < 1.29 is 18.0 Å². The number of carbonyl (C=O) groups is 1. The molecule has 0 saturated heterocycles. The van der Waals surface area contributed by atoms with Gasteiger partial charge in [-0.1, -0.05) is 32.0 Å². The third-order valence-electron chi connectivity index (χ3n) is 4.69. The molecule has 3 aromatic rings. The highest BCUT2D eigenvalue weighted by Crippen LogP contribution is 2.37. The molecule has 0 saturated carbocycles. The Kier molecular flexibility index (Phi) is 6.06. The molecule has 0 aliphatic rings. The number of hydrogen-bond acceptors (Lipinski definition) is 4. The molecular formula is C22H23F3N4O2. The highest BCUT2D eigenvalue weighted by molar-refractivity contribution is 6.11. The fourth-order valence-corrected chi connectivity index (χ4v) is 3.21. The minimum absolute atomic E-state index is 0.0812. The minimum Gasteiger partial charge on any atom is -0.378 e. The number of amides is 1. The molecule has 0 aliphatic carbocycles. The molecule has 0 aliphatic heterocycles. The first kappa shape index (κ1) is 22.3. The molecule has 1 amide bonds. The fourth-order valence-electron chi connectivity index (χ4n) is 3.21. The Bertz CT molecular complexity index is 1180. The highest BCUT2D eigenvalue weighted by atomic mass is 19.4. The van der Waals surface area contributed by atoms with E-state index in [4.69, 9.17) is 0 Å². The van der Waals surface area contributed by atoms with Gasteiger partial charge in [-0.05, 0) is 30.2 Å². The summed E-state index contributed by atoms with van der Waals surface area (Å²) in [7, 11) is 3.25. The zero-order valence-electron chi connectivity index (χ0n) is 17.6. The Hall–Kier alpha value is -3.36. The Morgan fingerprint density at radius 3 is 2.35 bits per heavy atom. The molecule has 0 bridgehead atoms. The largest absolute Gasteiger partial charge is 0.418 e. The van der Waals surface area contributed by atoms with Crippen molar-refractivity contribution in [1.29, 1.82) is 0 Å². The summed E-state index contributed by atoms with van der Waals surface area (Å²) in [6.45, 7) is 4.06. The maximum Gasteiger partial charge on any atom is 0.418 e. The van der Waals surface area contributed by atoms with Crippen LogP contribution in [0.1, 0.15) is 29.9 Å². The van der Waals surface area contributed by atoms with Crippen LogP contribution in [0.15, 0.2) is 47.3 Å². The lowest BCUT2D eigenvalue weighted by Gasteiger charge is -2.19. The summed E-state index contributed by atoms with van der Waals surface area (Å²) >= 11 is 0. The van der Waals surface area contributed by atoms with Crippen LogP contribution >= 0.6 is 0 Å². The van der Waals surface area contributed by atoms with Gasteiger partial charge < -0.3 is 10.2 Å². The topological polar surface area (TPSA) is 67.2 Å². The highest BCUT2D eigenvalue weighted by Gasteiger charge is 2.35. The van der Waals surface area contributed by atoms with Gasteiger partial charge in [-0.25, -0.2) is 4.68 Å². The molecule has 1 aromatic heterocycles. The van der Waals surface area contributed by atoms with E-state index in [-0.39, 0.29) is 40.2 Å². The summed E-state index contributed by atoms with van der Waals surface area (Å²) in [6.07, 6.45) is -4.67. The van der Waals surface area contributed by atoms with Crippen LogP contribution in [-0.2, 0) is 12.7 Å². The Balaban J connectivity index is 2.11. The molecule has 0 unspecified atom stereocenters. The van der Waals surface area contributed by atoms with Crippen molar-refractivity contribution in [2.24, 2.45) is 5.92 Å². The Morgan fingerprint density at radius 2 is 1.77 bits per heavy atom. The molecular weight excluding hydrogens is 409 g/mol. The average Bonchev–Trinajstić information content (AvgIpc) is 2.69. The van der Waals surface area contributed by atoms with Gasteiger partial charge in [0.1, 0.15) is 0 Å². The number of aromatic nitrogens is 2. The van der Waals surface area contributed by atoms with Crippen LogP contribution in [0.4, 0.5) is 24.5 Å². The van der Waals surface area contributed by atoms with Crippen molar-refractivity contribution >= 4 is 28.1 Å². The molecule has 0 spiro atoms. The summed E-state index contributed by atoms with van der Waals surface area (Å²) in [4.78, 5) is 27.2. The van der Waals surface area contributed by atoms with Crippen molar-refractivity contribution in [3.8, 4) is 0 Å². The van der Waals surface area contributed by atoms with Crippen LogP contribution in [0.2, 0.25) is 0 Å². The number of fused-ring (bicyclic) bond motifs is 1. The normalized spacial score (nSPS) is 11.7. The predicted molar refractivity (Wildman–Crippen MR) is 115 cm³/mol. The summed E-state index contributed by atoms with van der Waals surface area (Å²) in [6, 6.07) is 10.1. The molecule has 164 valence electrons. The van der Waals surface area contributed by atoms with Gasteiger partial charge in [0.25, 0.3) is 11.5 Å². The van der Waals surface area contributed by atoms with E-state index in [1.54, 1.807) is 38.4 Å². The molecule has 0 radical (unpaired) electrons. The third kappa shape index (κ3) is 4.70. The summed E-state index contributed by atoms with van der Waals surface area (Å²) < 4.78 is 42.1. The Labute approximate surface area is 177 Å². The number of rotatable bonds is 5. The number of nitrogens with zero attached hydrogens (tertiary/aromatic N) is 3. The third-order valence-corrected chi connectivity index (χ3v) is 4.69. The van der Waals surface area contributed by atoms with Crippen LogP contribution in [-0.4, -0.2) is 29.8 Å². The van der Waals surface area contributed by atoms with Gasteiger partial charge in [0, 0.05) is 31.7 Å². The maximum absolute atomic E-state index is 13.6. The smallest absolute Gasteiger partial charge is 0.378 e. The predicted octanol–water partition coefficient (Wildman–Crippen LogP) is 4.39. The van der Waals surface area contributed by atoms with Gasteiger partial charge in [0.2, 0.25) is 0 Å². The van der Waals surface area contributed by atoms with E-state index >= 15 is 0 Å². The number of halogens is 3. The lowest BCUT2D eigenvalue weighted by Crippen LogP contribution is -2.29. The van der Waals surface area contributed by atoms with Gasteiger partial charge in [-0.15, -0.1) is 0 Å². The molecule has 6 nitrogen and oxygen atoms in total. The average molecular weight is 432 g/mol. The quantitative estimate of drug-likeness (QED) is 0.650. The van der Waals surface area contributed by atoms with Crippen molar-refractivity contribution in [3.05, 3.63) is 64.1 Å². The van der Waals surface area contributed by atoms with Gasteiger partial charge in [-0.3, -0.25) is 9.59 Å². The lowest BCUT2D eigenvalue weighted by atomic mass is 10.1. The molecule has 1 heterocycles. The monoisotopic (exact) mass is 432 g/mol. The summed E-state index contributed by atoms with van der Waals surface area (Å²) in [5, 5.41) is 7.07. The molecule has 1 N–H and O–H groups in total. The van der Waals surface area contributed by atoms with Gasteiger partial charge >= 0.3 is 6.18 Å². The second-order valence-electron chi connectivity index (χ2n) is 7.85. The SMILES string of the molecule is CC(C)Cn1nc(C(=O)Nc2ccc(N(C)C)cc2C(F)(F)F)c2ccccc2c1=O. The second-order valence-corrected chi connectivity index (χ2v) is 7.85. The van der Waals surface area contributed by atoms with Crippen molar-refractivity contribution in [3.63, 3.8) is 0 Å². The summed E-state index contributed by atoms with van der Waals surface area (Å²) in [5.41, 5.74) is -1.46. The van der Waals surface area contributed by atoms with E-state index in [0.717, 1.165) is 6.07 Å². The lowest BCUT2D eigenvalue weighted by molar-refractivity contribution is -0.136. The number of benzene rings is 2. The zero-order valence-corrected chi connectivity index (χ0v) is 17.6. The standard InChI is InChI=1S/C22H23F3N4O2/c1-13(2)12-29-21(31)16-8-6-5-7-15(16)19(27-29)20(30)26-18-10-9-14(28(3)4)11-17(18)22(23,24)25/h5-11,13H,12H2,1-4H3,(H,26,30). The van der Waals surface area contributed by atoms with Crippen LogP contribution < -0.4 is 15.8 Å². The minimum atomic E-state index is -4.67. The second kappa shape index (κ2) is 8.41. The van der Waals surface area contributed by atoms with Gasteiger partial charge in [0.15, 0.2) is 5.69 Å². The molecule has 31 heavy (non-hydrogen) atoms. The number of nitrogens with one attached hydrogen (secondary N) is 1. The van der Waals surface area contributed by atoms with Crippen LogP contribution in [0, 0.1) is 5.92 Å². The fraction of sp³-hybridized carbons (Fsp3) is 0.318. The van der Waals surface area contributed by atoms with Gasteiger partial charge in [0.05, 0.1) is 16.6 Å². The number of carbonyl (C=O) groups excluding carboxylic acids is 1. The number of anilines is 2. The molecule has 0 atom stereocenters. The van der Waals surface area contributed by atoms with E-state index in [1.165, 1.54) is 21.7 Å². The van der Waals surface area contributed by atoms with E-state index in [1.807, 2.05) is 13.8 Å². The Morgan fingerprint density at radius 1 is 1.13 bits per heavy atom. The maximum atomic E-state index is 13.6. The number of hydrogen-bond donors (Lipinski definition) is 1. The van der Waals surface area contributed by atoms with Crippen LogP contribution in [0.25, 0.3) is 10.8 Å². The first-order valence-corrected chi connectivity index (χ1v) is 9.69. The van der Waals surface area contributed by atoms with E-state index in [0.29, 0.717) is 5.69 Å². The van der Waals surface area contributed by atoms with Crippen molar-refractivity contribution in [2.45, 2.75) is 26.6 Å². The molecule has 9 heteroatoms. The van der Waals surface area contributed by atoms with Crippen LogP contribution in [0.5, 0.6) is 0 Å².